The summed E-state index contributed by atoms with van der Waals surface area (Å²) < 4.78 is 9.75. The van der Waals surface area contributed by atoms with Gasteiger partial charge in [0.05, 0.1) is 19.2 Å². The van der Waals surface area contributed by atoms with Gasteiger partial charge in [0.25, 0.3) is 0 Å². The molecule has 1 aromatic heterocycles. The molecule has 1 unspecified atom stereocenters. The van der Waals surface area contributed by atoms with Crippen molar-refractivity contribution in [2.45, 2.75) is 19.5 Å². The number of furan rings is 1. The van der Waals surface area contributed by atoms with E-state index in [-0.39, 0.29) is 12.0 Å². The lowest BCUT2D eigenvalue weighted by Crippen LogP contribution is -2.22. The zero-order chi connectivity index (χ0) is 11.3. The molecule has 1 rings (SSSR count). The summed E-state index contributed by atoms with van der Waals surface area (Å²) in [6.07, 6.45) is 3.19. The fourth-order valence-electron chi connectivity index (χ4n) is 1.04. The van der Waals surface area contributed by atoms with Crippen LogP contribution in [0.5, 0.6) is 0 Å². The molecule has 0 spiro atoms. The Morgan fingerprint density at radius 3 is 3.13 bits per heavy atom. The average molecular weight is 209 g/mol. The molecular formula is C11H15NO3. The van der Waals surface area contributed by atoms with Crippen molar-refractivity contribution in [1.82, 2.24) is 5.32 Å². The number of ether oxygens (including phenoxy) is 1. The van der Waals surface area contributed by atoms with Gasteiger partial charge in [0.1, 0.15) is 12.0 Å². The summed E-state index contributed by atoms with van der Waals surface area (Å²) in [5.41, 5.74) is 0.431. The molecule has 0 bridgehead atoms. The summed E-state index contributed by atoms with van der Waals surface area (Å²) in [4.78, 5) is 11.1. The summed E-state index contributed by atoms with van der Waals surface area (Å²) in [5.74, 6) is 0.311. The summed E-state index contributed by atoms with van der Waals surface area (Å²) in [6.45, 7) is 6.20. The van der Waals surface area contributed by atoms with Crippen LogP contribution in [0.1, 0.15) is 23.0 Å². The van der Waals surface area contributed by atoms with E-state index in [0.717, 1.165) is 0 Å². The first-order valence-corrected chi connectivity index (χ1v) is 4.69. The van der Waals surface area contributed by atoms with Gasteiger partial charge in [-0.1, -0.05) is 6.08 Å². The molecule has 0 aliphatic rings. The topological polar surface area (TPSA) is 51.5 Å². The molecule has 82 valence electrons. The number of methoxy groups -OCH3 is 1. The van der Waals surface area contributed by atoms with E-state index in [0.29, 0.717) is 17.9 Å². The predicted octanol–water partition coefficient (Wildman–Crippen LogP) is 1.73. The van der Waals surface area contributed by atoms with Gasteiger partial charge in [-0.2, -0.15) is 0 Å². The third-order valence-electron chi connectivity index (χ3n) is 2.03. The van der Waals surface area contributed by atoms with Gasteiger partial charge in [-0.25, -0.2) is 4.79 Å². The minimum Gasteiger partial charge on any atom is -0.467 e. The second-order valence-electron chi connectivity index (χ2n) is 3.20. The lowest BCUT2D eigenvalue weighted by Gasteiger charge is -2.05. The van der Waals surface area contributed by atoms with Crippen LogP contribution >= 0.6 is 0 Å². The fourth-order valence-corrected chi connectivity index (χ4v) is 1.04. The van der Waals surface area contributed by atoms with Crippen LogP contribution in [0.4, 0.5) is 0 Å². The zero-order valence-electron chi connectivity index (χ0n) is 8.95. The highest BCUT2D eigenvalue weighted by atomic mass is 16.5. The highest BCUT2D eigenvalue weighted by molar-refractivity contribution is 5.88. The van der Waals surface area contributed by atoms with E-state index in [1.54, 1.807) is 12.1 Å². The molecule has 4 nitrogen and oxygen atoms in total. The molecule has 0 saturated carbocycles. The van der Waals surface area contributed by atoms with Gasteiger partial charge < -0.3 is 14.5 Å². The first-order valence-electron chi connectivity index (χ1n) is 4.69. The molecule has 0 amide bonds. The van der Waals surface area contributed by atoms with Crippen LogP contribution in [0.25, 0.3) is 0 Å². The second kappa shape index (κ2) is 5.36. The van der Waals surface area contributed by atoms with Crippen LogP contribution in [-0.4, -0.2) is 19.1 Å². The van der Waals surface area contributed by atoms with E-state index in [1.165, 1.54) is 13.4 Å². The fraction of sp³-hybridized carbons (Fsp3) is 0.364. The molecule has 4 heteroatoms. The molecule has 0 saturated heterocycles. The standard InChI is InChI=1S/C11H15NO3/c1-4-8(2)12-6-10-5-9(7-15-10)11(13)14-3/h4-5,7-8,12H,1,6H2,2-3H3. The third-order valence-corrected chi connectivity index (χ3v) is 2.03. The number of esters is 1. The quantitative estimate of drug-likeness (QED) is 0.592. The second-order valence-corrected chi connectivity index (χ2v) is 3.20. The smallest absolute Gasteiger partial charge is 0.341 e. The maximum Gasteiger partial charge on any atom is 0.341 e. The highest BCUT2D eigenvalue weighted by Crippen LogP contribution is 2.08. The Morgan fingerprint density at radius 1 is 1.80 bits per heavy atom. The summed E-state index contributed by atoms with van der Waals surface area (Å²) in [5, 5.41) is 3.15. The SMILES string of the molecule is C=CC(C)NCc1cc(C(=O)OC)co1. The normalized spacial score (nSPS) is 12.1. The molecule has 1 heterocycles. The zero-order valence-corrected chi connectivity index (χ0v) is 8.95. The van der Waals surface area contributed by atoms with Crippen LogP contribution in [0.15, 0.2) is 29.4 Å². The Bertz CT molecular complexity index is 343. The van der Waals surface area contributed by atoms with Crippen molar-refractivity contribution in [3.05, 3.63) is 36.3 Å². The van der Waals surface area contributed by atoms with Gasteiger partial charge in [-0.3, -0.25) is 0 Å². The van der Waals surface area contributed by atoms with E-state index in [1.807, 2.05) is 6.92 Å². The maximum absolute atomic E-state index is 11.1. The van der Waals surface area contributed by atoms with Gasteiger partial charge >= 0.3 is 5.97 Å². The van der Waals surface area contributed by atoms with Crippen molar-refractivity contribution in [2.75, 3.05) is 7.11 Å². The number of carbonyl (C=O) groups is 1. The highest BCUT2D eigenvalue weighted by Gasteiger charge is 2.09. The summed E-state index contributed by atoms with van der Waals surface area (Å²) in [7, 11) is 1.34. The molecule has 0 radical (unpaired) electrons. The molecule has 1 atom stereocenters. The minimum absolute atomic E-state index is 0.205. The first-order chi connectivity index (χ1) is 7.17. The molecule has 0 aliphatic carbocycles. The first kappa shape index (κ1) is 11.5. The van der Waals surface area contributed by atoms with Crippen molar-refractivity contribution in [1.29, 1.82) is 0 Å². The number of nitrogens with one attached hydrogen (secondary N) is 1. The van der Waals surface area contributed by atoms with Crippen LogP contribution in [0, 0.1) is 0 Å². The van der Waals surface area contributed by atoms with Crippen molar-refractivity contribution in [3.63, 3.8) is 0 Å². The molecule has 0 aromatic carbocycles. The molecular weight excluding hydrogens is 194 g/mol. The molecule has 1 aromatic rings. The van der Waals surface area contributed by atoms with Gasteiger partial charge in [-0.05, 0) is 13.0 Å². The number of rotatable bonds is 5. The van der Waals surface area contributed by atoms with E-state index >= 15 is 0 Å². The van der Waals surface area contributed by atoms with Crippen LogP contribution < -0.4 is 5.32 Å². The third kappa shape index (κ3) is 3.25. The molecule has 1 N–H and O–H groups in total. The van der Waals surface area contributed by atoms with Crippen molar-refractivity contribution in [2.24, 2.45) is 0 Å². The molecule has 15 heavy (non-hydrogen) atoms. The number of hydrogen-bond acceptors (Lipinski definition) is 4. The van der Waals surface area contributed by atoms with Crippen molar-refractivity contribution in [3.8, 4) is 0 Å². The number of carbonyl (C=O) groups excluding carboxylic acids is 1. The summed E-state index contributed by atoms with van der Waals surface area (Å²) in [6, 6.07) is 1.87. The van der Waals surface area contributed by atoms with Crippen LogP contribution in [0.3, 0.4) is 0 Å². The Kier molecular flexibility index (Phi) is 4.12. The lowest BCUT2D eigenvalue weighted by atomic mass is 10.3. The average Bonchev–Trinajstić information content (AvgIpc) is 2.73. The Balaban J connectivity index is 2.53. The van der Waals surface area contributed by atoms with E-state index in [4.69, 9.17) is 4.42 Å². The monoisotopic (exact) mass is 209 g/mol. The van der Waals surface area contributed by atoms with Crippen molar-refractivity contribution >= 4 is 5.97 Å². The minimum atomic E-state index is -0.387. The maximum atomic E-state index is 11.1. The van der Waals surface area contributed by atoms with E-state index in [2.05, 4.69) is 16.6 Å². The van der Waals surface area contributed by atoms with Crippen LogP contribution in [0.2, 0.25) is 0 Å². The Labute approximate surface area is 88.9 Å². The summed E-state index contributed by atoms with van der Waals surface area (Å²) >= 11 is 0. The van der Waals surface area contributed by atoms with Crippen molar-refractivity contribution < 1.29 is 13.9 Å². The molecule has 0 fully saturated rings. The van der Waals surface area contributed by atoms with Gasteiger partial charge in [0.15, 0.2) is 0 Å². The Hall–Kier alpha value is -1.55. The van der Waals surface area contributed by atoms with Gasteiger partial charge in [0, 0.05) is 6.04 Å². The van der Waals surface area contributed by atoms with Gasteiger partial charge in [0.2, 0.25) is 0 Å². The van der Waals surface area contributed by atoms with E-state index < -0.39 is 0 Å². The van der Waals surface area contributed by atoms with E-state index in [9.17, 15) is 4.79 Å². The number of hydrogen-bond donors (Lipinski definition) is 1. The van der Waals surface area contributed by atoms with Crippen LogP contribution in [-0.2, 0) is 11.3 Å². The Morgan fingerprint density at radius 2 is 2.53 bits per heavy atom. The largest absolute Gasteiger partial charge is 0.467 e. The molecule has 0 aliphatic heterocycles. The van der Waals surface area contributed by atoms with Gasteiger partial charge in [-0.15, -0.1) is 6.58 Å². The lowest BCUT2D eigenvalue weighted by molar-refractivity contribution is 0.0600. The predicted molar refractivity (Wildman–Crippen MR) is 56.5 cm³/mol.